The van der Waals surface area contributed by atoms with Crippen LogP contribution in [0.5, 0.6) is 0 Å². The quantitative estimate of drug-likeness (QED) is 0.572. The van der Waals surface area contributed by atoms with Crippen LogP contribution in [-0.4, -0.2) is 42.4 Å². The van der Waals surface area contributed by atoms with Crippen LogP contribution in [0.4, 0.5) is 0 Å². The van der Waals surface area contributed by atoms with E-state index in [-0.39, 0.29) is 19.1 Å². The van der Waals surface area contributed by atoms with Crippen molar-refractivity contribution in [3.63, 3.8) is 0 Å². The Kier molecular flexibility index (Phi) is 4.50. The fourth-order valence-corrected chi connectivity index (χ4v) is 1.58. The number of nitrogens with one attached hydrogen (secondary N) is 1. The Morgan fingerprint density at radius 3 is 3.00 bits per heavy atom. The van der Waals surface area contributed by atoms with E-state index in [0.29, 0.717) is 19.4 Å². The Hall–Kier alpha value is -0.650. The van der Waals surface area contributed by atoms with Crippen LogP contribution in [-0.2, 0) is 9.53 Å². The Labute approximate surface area is 90.0 Å². The van der Waals surface area contributed by atoms with E-state index in [9.17, 15) is 9.90 Å². The molecule has 0 spiro atoms. The van der Waals surface area contributed by atoms with E-state index in [2.05, 4.69) is 5.32 Å². The summed E-state index contributed by atoms with van der Waals surface area (Å²) in [5.74, 6) is -0.227. The smallest absolute Gasteiger partial charge is 0.242 e. The molecule has 0 aromatic rings. The lowest BCUT2D eigenvalue weighted by molar-refractivity contribution is -0.126. The molecular weight excluding hydrogens is 196 g/mol. The molecule has 5 nitrogen and oxygen atoms in total. The number of carbonyl (C=O) groups excluding carboxylic acids is 1. The van der Waals surface area contributed by atoms with Crippen LogP contribution in [0, 0.1) is 0 Å². The minimum Gasteiger partial charge on any atom is -0.391 e. The van der Waals surface area contributed by atoms with Gasteiger partial charge in [0.15, 0.2) is 0 Å². The number of hydrogen-bond donors (Lipinski definition) is 3. The first-order valence-electron chi connectivity index (χ1n) is 5.41. The van der Waals surface area contributed by atoms with Gasteiger partial charge in [-0.1, -0.05) is 13.3 Å². The van der Waals surface area contributed by atoms with Gasteiger partial charge in [0.2, 0.25) is 5.91 Å². The molecular formula is C10H20N2O3. The second kappa shape index (κ2) is 5.44. The minimum absolute atomic E-state index is 0.227. The molecule has 4 N–H and O–H groups in total. The number of amides is 1. The van der Waals surface area contributed by atoms with Gasteiger partial charge < -0.3 is 20.9 Å². The van der Waals surface area contributed by atoms with Crippen LogP contribution in [0.25, 0.3) is 0 Å². The molecule has 1 aliphatic rings. The number of ether oxygens (including phenoxy) is 1. The van der Waals surface area contributed by atoms with Crippen molar-refractivity contribution < 1.29 is 14.6 Å². The van der Waals surface area contributed by atoms with Crippen molar-refractivity contribution in [2.24, 2.45) is 5.73 Å². The summed E-state index contributed by atoms with van der Waals surface area (Å²) in [6, 6.07) is 0. The van der Waals surface area contributed by atoms with Crippen molar-refractivity contribution >= 4 is 5.91 Å². The Bertz CT molecular complexity index is 215. The summed E-state index contributed by atoms with van der Waals surface area (Å²) >= 11 is 0. The van der Waals surface area contributed by atoms with E-state index in [1.165, 1.54) is 0 Å². The van der Waals surface area contributed by atoms with Crippen molar-refractivity contribution in [3.8, 4) is 0 Å². The highest BCUT2D eigenvalue weighted by Gasteiger charge is 2.38. The van der Waals surface area contributed by atoms with Crippen LogP contribution >= 0.6 is 0 Å². The van der Waals surface area contributed by atoms with Gasteiger partial charge in [-0.25, -0.2) is 0 Å². The minimum atomic E-state index is -0.897. The van der Waals surface area contributed by atoms with Gasteiger partial charge in [0, 0.05) is 13.2 Å². The maximum atomic E-state index is 11.6. The van der Waals surface area contributed by atoms with Crippen LogP contribution < -0.4 is 11.1 Å². The van der Waals surface area contributed by atoms with Crippen LogP contribution in [0.1, 0.15) is 26.2 Å². The summed E-state index contributed by atoms with van der Waals surface area (Å²) in [6.07, 6.45) is 1.65. The highest BCUT2D eigenvalue weighted by atomic mass is 16.5. The second-order valence-corrected chi connectivity index (χ2v) is 4.11. The van der Waals surface area contributed by atoms with Gasteiger partial charge in [0.1, 0.15) is 5.54 Å². The average Bonchev–Trinajstić information content (AvgIpc) is 2.63. The van der Waals surface area contributed by atoms with E-state index in [0.717, 1.165) is 6.42 Å². The average molecular weight is 216 g/mol. The molecule has 1 rings (SSSR count). The van der Waals surface area contributed by atoms with Gasteiger partial charge in [0.25, 0.3) is 0 Å². The molecule has 1 heterocycles. The van der Waals surface area contributed by atoms with Crippen LogP contribution in [0.2, 0.25) is 0 Å². The summed E-state index contributed by atoms with van der Waals surface area (Å²) in [5.41, 5.74) is 4.95. The van der Waals surface area contributed by atoms with Crippen LogP contribution in [0.15, 0.2) is 0 Å². The molecule has 0 aromatic heterocycles. The van der Waals surface area contributed by atoms with E-state index in [1.54, 1.807) is 0 Å². The predicted octanol–water partition coefficient (Wildman–Crippen LogP) is -0.619. The maximum Gasteiger partial charge on any atom is 0.242 e. The first-order valence-corrected chi connectivity index (χ1v) is 5.41. The molecule has 88 valence electrons. The number of hydrogen-bond acceptors (Lipinski definition) is 4. The fourth-order valence-electron chi connectivity index (χ4n) is 1.58. The molecule has 1 aliphatic heterocycles. The highest BCUT2D eigenvalue weighted by Crippen LogP contribution is 2.15. The lowest BCUT2D eigenvalue weighted by Gasteiger charge is -2.21. The summed E-state index contributed by atoms with van der Waals surface area (Å²) in [4.78, 5) is 11.6. The second-order valence-electron chi connectivity index (χ2n) is 4.11. The van der Waals surface area contributed by atoms with Gasteiger partial charge in [-0.05, 0) is 12.8 Å². The number of aliphatic hydroxyl groups excluding tert-OH is 1. The molecule has 15 heavy (non-hydrogen) atoms. The Balaban J connectivity index is 2.29. The van der Waals surface area contributed by atoms with E-state index in [1.807, 2.05) is 6.92 Å². The lowest BCUT2D eigenvalue weighted by atomic mass is 9.99. The van der Waals surface area contributed by atoms with Crippen molar-refractivity contribution in [2.75, 3.05) is 19.8 Å². The molecule has 1 fully saturated rings. The van der Waals surface area contributed by atoms with Gasteiger partial charge in [-0.3, -0.25) is 4.79 Å². The standard InChI is InChI=1S/C10H20N2O3/c1-2-3-8(13)6-12-9(14)10(11)4-5-15-7-10/h8,13H,2-7,11H2,1H3,(H,12,14). The van der Waals surface area contributed by atoms with Crippen molar-refractivity contribution in [1.82, 2.24) is 5.32 Å². The van der Waals surface area contributed by atoms with Crippen molar-refractivity contribution in [1.29, 1.82) is 0 Å². The lowest BCUT2D eigenvalue weighted by Crippen LogP contribution is -2.55. The Morgan fingerprint density at radius 2 is 2.47 bits per heavy atom. The molecule has 2 unspecified atom stereocenters. The summed E-state index contributed by atoms with van der Waals surface area (Å²) in [5, 5.41) is 12.1. The van der Waals surface area contributed by atoms with Gasteiger partial charge >= 0.3 is 0 Å². The number of carbonyl (C=O) groups is 1. The molecule has 1 saturated heterocycles. The first kappa shape index (κ1) is 12.4. The van der Waals surface area contributed by atoms with E-state index in [4.69, 9.17) is 10.5 Å². The number of nitrogens with two attached hydrogens (primary N) is 1. The summed E-state index contributed by atoms with van der Waals surface area (Å²) < 4.78 is 5.09. The third kappa shape index (κ3) is 3.44. The van der Waals surface area contributed by atoms with E-state index >= 15 is 0 Å². The predicted molar refractivity (Wildman–Crippen MR) is 56.3 cm³/mol. The monoisotopic (exact) mass is 216 g/mol. The highest BCUT2D eigenvalue weighted by molar-refractivity contribution is 5.86. The SMILES string of the molecule is CCCC(O)CNC(=O)C1(N)CCOC1. The molecule has 0 saturated carbocycles. The molecule has 2 atom stereocenters. The summed E-state index contributed by atoms with van der Waals surface area (Å²) in [7, 11) is 0. The molecule has 5 heteroatoms. The number of aliphatic hydroxyl groups is 1. The molecule has 0 aliphatic carbocycles. The normalized spacial score (nSPS) is 27.7. The van der Waals surface area contributed by atoms with Gasteiger partial charge in [-0.15, -0.1) is 0 Å². The zero-order valence-corrected chi connectivity index (χ0v) is 9.16. The zero-order chi connectivity index (χ0) is 11.3. The molecule has 0 radical (unpaired) electrons. The largest absolute Gasteiger partial charge is 0.391 e. The van der Waals surface area contributed by atoms with Crippen molar-refractivity contribution in [3.05, 3.63) is 0 Å². The third-order valence-corrected chi connectivity index (χ3v) is 2.62. The van der Waals surface area contributed by atoms with Crippen LogP contribution in [0.3, 0.4) is 0 Å². The maximum absolute atomic E-state index is 11.6. The number of rotatable bonds is 5. The zero-order valence-electron chi connectivity index (χ0n) is 9.16. The van der Waals surface area contributed by atoms with E-state index < -0.39 is 11.6 Å². The summed E-state index contributed by atoms with van der Waals surface area (Å²) in [6.45, 7) is 3.05. The topological polar surface area (TPSA) is 84.6 Å². The fraction of sp³-hybridized carbons (Fsp3) is 0.900. The molecule has 0 aromatic carbocycles. The first-order chi connectivity index (χ1) is 7.08. The van der Waals surface area contributed by atoms with Gasteiger partial charge in [0.05, 0.1) is 12.7 Å². The van der Waals surface area contributed by atoms with Gasteiger partial charge in [-0.2, -0.15) is 0 Å². The molecule has 0 bridgehead atoms. The Morgan fingerprint density at radius 1 is 1.73 bits per heavy atom. The van der Waals surface area contributed by atoms with Crippen molar-refractivity contribution in [2.45, 2.75) is 37.8 Å². The third-order valence-electron chi connectivity index (χ3n) is 2.62. The molecule has 1 amide bonds.